The molecule has 0 aliphatic carbocycles. The standard InChI is InChI=1S/C14H16ClNO2/c1-4-16-14(2,3)13(17)12-8-9-7-10(15)5-6-11(9)18-12/h5-8,16H,4H2,1-3H3. The van der Waals surface area contributed by atoms with Gasteiger partial charge in [-0.1, -0.05) is 18.5 Å². The number of Topliss-reactive ketones (excluding diaryl/α,β-unsaturated/α-hetero) is 1. The third kappa shape index (κ3) is 2.42. The molecule has 1 aromatic carbocycles. The van der Waals surface area contributed by atoms with Gasteiger partial charge in [-0.25, -0.2) is 0 Å². The van der Waals surface area contributed by atoms with Crippen molar-refractivity contribution in [3.63, 3.8) is 0 Å². The van der Waals surface area contributed by atoms with Gasteiger partial charge in [0.2, 0.25) is 5.78 Å². The minimum absolute atomic E-state index is 0.0586. The van der Waals surface area contributed by atoms with Crippen LogP contribution in [0.5, 0.6) is 0 Å². The molecule has 0 atom stereocenters. The van der Waals surface area contributed by atoms with Gasteiger partial charge in [-0.2, -0.15) is 0 Å². The Balaban J connectivity index is 2.39. The van der Waals surface area contributed by atoms with Crippen LogP contribution in [0.2, 0.25) is 5.02 Å². The van der Waals surface area contributed by atoms with Gasteiger partial charge in [0.15, 0.2) is 5.76 Å². The first-order chi connectivity index (χ1) is 8.44. The van der Waals surface area contributed by atoms with Crippen LogP contribution in [0.3, 0.4) is 0 Å². The first-order valence-electron chi connectivity index (χ1n) is 5.93. The molecule has 0 bridgehead atoms. The van der Waals surface area contributed by atoms with Gasteiger partial charge < -0.3 is 9.73 Å². The van der Waals surface area contributed by atoms with E-state index in [0.717, 1.165) is 11.9 Å². The first-order valence-corrected chi connectivity index (χ1v) is 6.31. The second-order valence-electron chi connectivity index (χ2n) is 4.78. The van der Waals surface area contributed by atoms with Gasteiger partial charge in [0.25, 0.3) is 0 Å². The molecule has 0 spiro atoms. The van der Waals surface area contributed by atoms with Crippen molar-refractivity contribution in [3.05, 3.63) is 35.0 Å². The van der Waals surface area contributed by atoms with Gasteiger partial charge in [-0.15, -0.1) is 0 Å². The zero-order valence-electron chi connectivity index (χ0n) is 10.7. The van der Waals surface area contributed by atoms with E-state index in [9.17, 15) is 4.79 Å². The molecular weight excluding hydrogens is 250 g/mol. The molecule has 1 aromatic heterocycles. The van der Waals surface area contributed by atoms with Crippen molar-refractivity contribution < 1.29 is 9.21 Å². The normalized spacial score (nSPS) is 12.0. The van der Waals surface area contributed by atoms with Crippen molar-refractivity contribution in [2.75, 3.05) is 6.54 Å². The number of fused-ring (bicyclic) bond motifs is 1. The molecule has 2 aromatic rings. The summed E-state index contributed by atoms with van der Waals surface area (Å²) in [7, 11) is 0. The smallest absolute Gasteiger partial charge is 0.217 e. The lowest BCUT2D eigenvalue weighted by Gasteiger charge is -2.22. The third-order valence-corrected chi connectivity index (χ3v) is 3.12. The van der Waals surface area contributed by atoms with E-state index in [4.69, 9.17) is 16.0 Å². The highest BCUT2D eigenvalue weighted by Crippen LogP contribution is 2.25. The van der Waals surface area contributed by atoms with Crippen LogP contribution in [0.4, 0.5) is 0 Å². The van der Waals surface area contributed by atoms with E-state index in [1.54, 1.807) is 24.3 Å². The maximum atomic E-state index is 12.3. The van der Waals surface area contributed by atoms with E-state index in [0.29, 0.717) is 16.4 Å². The predicted octanol–water partition coefficient (Wildman–Crippen LogP) is 3.66. The second kappa shape index (κ2) is 4.75. The monoisotopic (exact) mass is 265 g/mol. The molecule has 0 saturated heterocycles. The highest BCUT2D eigenvalue weighted by molar-refractivity contribution is 6.31. The Bertz CT molecular complexity index is 586. The van der Waals surface area contributed by atoms with Gasteiger partial charge in [-0.3, -0.25) is 4.79 Å². The molecule has 1 N–H and O–H groups in total. The van der Waals surface area contributed by atoms with Crippen LogP contribution in [-0.2, 0) is 0 Å². The number of nitrogens with one attached hydrogen (secondary N) is 1. The van der Waals surface area contributed by atoms with Gasteiger partial charge in [0.1, 0.15) is 5.58 Å². The van der Waals surface area contributed by atoms with E-state index >= 15 is 0 Å². The topological polar surface area (TPSA) is 42.2 Å². The molecule has 0 fully saturated rings. The molecule has 0 amide bonds. The SMILES string of the molecule is CCNC(C)(C)C(=O)c1cc2cc(Cl)ccc2o1. The summed E-state index contributed by atoms with van der Waals surface area (Å²) in [4.78, 5) is 12.3. The Hall–Kier alpha value is -1.32. The number of benzene rings is 1. The summed E-state index contributed by atoms with van der Waals surface area (Å²) in [5.41, 5.74) is 0.0435. The molecule has 0 unspecified atom stereocenters. The first kappa shape index (κ1) is 13.1. The number of carbonyl (C=O) groups is 1. The average Bonchev–Trinajstić information content (AvgIpc) is 2.70. The molecule has 1 heterocycles. The molecule has 0 radical (unpaired) electrons. The maximum Gasteiger partial charge on any atom is 0.217 e. The summed E-state index contributed by atoms with van der Waals surface area (Å²) in [5.74, 6) is 0.301. The molecule has 3 nitrogen and oxygen atoms in total. The molecule has 0 aliphatic rings. The molecule has 96 valence electrons. The lowest BCUT2D eigenvalue weighted by atomic mass is 9.97. The largest absolute Gasteiger partial charge is 0.453 e. The van der Waals surface area contributed by atoms with Gasteiger partial charge in [-0.05, 0) is 44.7 Å². The van der Waals surface area contributed by atoms with Crippen molar-refractivity contribution in [1.82, 2.24) is 5.32 Å². The van der Waals surface area contributed by atoms with Crippen LogP contribution in [-0.4, -0.2) is 17.9 Å². The number of hydrogen-bond acceptors (Lipinski definition) is 3. The molecule has 0 aliphatic heterocycles. The van der Waals surface area contributed by atoms with Crippen molar-refractivity contribution in [2.24, 2.45) is 0 Å². The fourth-order valence-corrected chi connectivity index (χ4v) is 2.14. The third-order valence-electron chi connectivity index (χ3n) is 2.89. The van der Waals surface area contributed by atoms with Crippen molar-refractivity contribution in [1.29, 1.82) is 0 Å². The summed E-state index contributed by atoms with van der Waals surface area (Å²) in [5, 5.41) is 4.62. The van der Waals surface area contributed by atoms with Crippen LogP contribution < -0.4 is 5.32 Å². The summed E-state index contributed by atoms with van der Waals surface area (Å²) in [6.45, 7) is 6.39. The second-order valence-corrected chi connectivity index (χ2v) is 5.21. The highest BCUT2D eigenvalue weighted by Gasteiger charge is 2.30. The quantitative estimate of drug-likeness (QED) is 0.858. The number of carbonyl (C=O) groups excluding carboxylic acids is 1. The van der Waals surface area contributed by atoms with Crippen LogP contribution in [0.25, 0.3) is 11.0 Å². The summed E-state index contributed by atoms with van der Waals surface area (Å²) in [6.07, 6.45) is 0. The predicted molar refractivity (Wildman–Crippen MR) is 73.3 cm³/mol. The molecule has 0 saturated carbocycles. The van der Waals surface area contributed by atoms with E-state index in [1.165, 1.54) is 0 Å². The Morgan fingerprint density at radius 1 is 1.39 bits per heavy atom. The van der Waals surface area contributed by atoms with Crippen molar-refractivity contribution in [2.45, 2.75) is 26.3 Å². The molecule has 4 heteroatoms. The zero-order valence-corrected chi connectivity index (χ0v) is 11.5. The van der Waals surface area contributed by atoms with Crippen molar-refractivity contribution in [3.8, 4) is 0 Å². The van der Waals surface area contributed by atoms with E-state index < -0.39 is 5.54 Å². The molecular formula is C14H16ClNO2. The summed E-state index contributed by atoms with van der Waals surface area (Å²) < 4.78 is 5.57. The summed E-state index contributed by atoms with van der Waals surface area (Å²) in [6, 6.07) is 7.05. The number of ketones is 1. The Labute approximate surface area is 111 Å². The lowest BCUT2D eigenvalue weighted by Crippen LogP contribution is -2.46. The average molecular weight is 266 g/mol. The zero-order chi connectivity index (χ0) is 13.3. The van der Waals surface area contributed by atoms with Crippen LogP contribution in [0, 0.1) is 0 Å². The highest BCUT2D eigenvalue weighted by atomic mass is 35.5. The minimum Gasteiger partial charge on any atom is -0.453 e. The fourth-order valence-electron chi connectivity index (χ4n) is 1.96. The number of likely N-dealkylation sites (N-methyl/N-ethyl adjacent to an activating group) is 1. The van der Waals surface area contributed by atoms with E-state index in [-0.39, 0.29) is 5.78 Å². The number of halogens is 1. The maximum absolute atomic E-state index is 12.3. The Morgan fingerprint density at radius 2 is 2.11 bits per heavy atom. The van der Waals surface area contributed by atoms with Crippen LogP contribution in [0.15, 0.2) is 28.7 Å². The van der Waals surface area contributed by atoms with Crippen LogP contribution in [0.1, 0.15) is 31.3 Å². The number of furan rings is 1. The van der Waals surface area contributed by atoms with Gasteiger partial charge in [0.05, 0.1) is 5.54 Å². The van der Waals surface area contributed by atoms with Crippen LogP contribution >= 0.6 is 11.6 Å². The van der Waals surface area contributed by atoms with Gasteiger partial charge >= 0.3 is 0 Å². The van der Waals surface area contributed by atoms with Gasteiger partial charge in [0, 0.05) is 10.4 Å². The van der Waals surface area contributed by atoms with E-state index in [2.05, 4.69) is 5.32 Å². The fraction of sp³-hybridized carbons (Fsp3) is 0.357. The Kier molecular flexibility index (Phi) is 3.46. The molecule has 2 rings (SSSR count). The van der Waals surface area contributed by atoms with Crippen molar-refractivity contribution >= 4 is 28.4 Å². The lowest BCUT2D eigenvalue weighted by molar-refractivity contribution is 0.0857. The molecule has 18 heavy (non-hydrogen) atoms. The van der Waals surface area contributed by atoms with E-state index in [1.807, 2.05) is 20.8 Å². The number of hydrogen-bond donors (Lipinski definition) is 1. The summed E-state index contributed by atoms with van der Waals surface area (Å²) >= 11 is 5.91. The Morgan fingerprint density at radius 3 is 2.78 bits per heavy atom. The minimum atomic E-state index is -0.633. The number of rotatable bonds is 4.